The standard InChI is InChI=1S/C26H34N4O/c31-26(30(21-10-11-21)22-12-13-23-20(14-22)16-27-28-23)25-15-19-8-4-5-9-24(19)29(25)17-18-6-2-1-3-7-18/h1-2,4-5,8-9,15,18,20-23,27-28H,3,6-7,10-14,16-17H2. The van der Waals surface area contributed by atoms with E-state index >= 15 is 0 Å². The lowest BCUT2D eigenvalue weighted by Crippen LogP contribution is -2.48. The maximum Gasteiger partial charge on any atom is 0.271 e. The molecule has 0 radical (unpaired) electrons. The van der Waals surface area contributed by atoms with Gasteiger partial charge in [-0.25, -0.2) is 0 Å². The molecule has 2 saturated carbocycles. The summed E-state index contributed by atoms with van der Waals surface area (Å²) in [6, 6.07) is 12.1. The van der Waals surface area contributed by atoms with Gasteiger partial charge in [-0.1, -0.05) is 30.4 Å². The zero-order valence-corrected chi connectivity index (χ0v) is 18.3. The van der Waals surface area contributed by atoms with Gasteiger partial charge < -0.3 is 9.47 Å². The SMILES string of the molecule is O=C(c1cc2ccccc2n1CC1CC=CCC1)N(C1CC1)C1CCC2NNCC2C1. The molecule has 0 bridgehead atoms. The molecule has 1 aromatic heterocycles. The molecule has 164 valence electrons. The van der Waals surface area contributed by atoms with Gasteiger partial charge in [-0.2, -0.15) is 0 Å². The highest BCUT2D eigenvalue weighted by atomic mass is 16.2. The highest BCUT2D eigenvalue weighted by molar-refractivity contribution is 5.99. The number of nitrogens with zero attached hydrogens (tertiary/aromatic N) is 2. The van der Waals surface area contributed by atoms with Gasteiger partial charge in [0.15, 0.2) is 0 Å². The smallest absolute Gasteiger partial charge is 0.271 e. The van der Waals surface area contributed by atoms with Crippen LogP contribution in [0.3, 0.4) is 0 Å². The van der Waals surface area contributed by atoms with Gasteiger partial charge in [0.1, 0.15) is 5.69 Å². The molecular weight excluding hydrogens is 384 g/mol. The fourth-order valence-corrected chi connectivity index (χ4v) is 6.21. The zero-order valence-electron chi connectivity index (χ0n) is 18.3. The lowest BCUT2D eigenvalue weighted by Gasteiger charge is -2.39. The number of hydrazine groups is 1. The Bertz CT molecular complexity index is 990. The third-order valence-electron chi connectivity index (χ3n) is 8.02. The summed E-state index contributed by atoms with van der Waals surface area (Å²) in [6.07, 6.45) is 13.9. The Morgan fingerprint density at radius 3 is 2.77 bits per heavy atom. The summed E-state index contributed by atoms with van der Waals surface area (Å²) in [5, 5.41) is 1.20. The van der Waals surface area contributed by atoms with Crippen LogP contribution < -0.4 is 10.9 Å². The Morgan fingerprint density at radius 1 is 1.06 bits per heavy atom. The monoisotopic (exact) mass is 418 g/mol. The summed E-state index contributed by atoms with van der Waals surface area (Å²) >= 11 is 0. The maximum atomic E-state index is 14.1. The molecule has 2 N–H and O–H groups in total. The van der Waals surface area contributed by atoms with Gasteiger partial charge in [-0.05, 0) is 75.3 Å². The van der Waals surface area contributed by atoms with Crippen molar-refractivity contribution < 1.29 is 4.79 Å². The molecule has 1 amide bonds. The van der Waals surface area contributed by atoms with Gasteiger partial charge in [0.2, 0.25) is 0 Å². The van der Waals surface area contributed by atoms with E-state index in [2.05, 4.69) is 62.8 Å². The quantitative estimate of drug-likeness (QED) is 0.714. The van der Waals surface area contributed by atoms with Crippen molar-refractivity contribution in [3.8, 4) is 0 Å². The highest BCUT2D eigenvalue weighted by Gasteiger charge is 2.43. The molecule has 1 aromatic carbocycles. The van der Waals surface area contributed by atoms with Crippen LogP contribution in [0.2, 0.25) is 0 Å². The lowest BCUT2D eigenvalue weighted by molar-refractivity contribution is 0.0560. The summed E-state index contributed by atoms with van der Waals surface area (Å²) in [5.74, 6) is 1.54. The molecule has 1 aliphatic heterocycles. The minimum Gasteiger partial charge on any atom is -0.336 e. The van der Waals surface area contributed by atoms with Crippen molar-refractivity contribution >= 4 is 16.8 Å². The Morgan fingerprint density at radius 2 is 1.94 bits per heavy atom. The summed E-state index contributed by atoms with van der Waals surface area (Å²) in [6.45, 7) is 1.98. The Balaban J connectivity index is 1.32. The van der Waals surface area contributed by atoms with E-state index in [1.165, 1.54) is 30.2 Å². The third-order valence-corrected chi connectivity index (χ3v) is 8.02. The van der Waals surface area contributed by atoms with Crippen molar-refractivity contribution in [1.29, 1.82) is 0 Å². The van der Waals surface area contributed by atoms with Gasteiger partial charge in [0.25, 0.3) is 5.91 Å². The molecule has 4 atom stereocenters. The third kappa shape index (κ3) is 3.72. The van der Waals surface area contributed by atoms with Crippen LogP contribution in [0, 0.1) is 11.8 Å². The van der Waals surface area contributed by atoms with Crippen molar-refractivity contribution in [1.82, 2.24) is 20.3 Å². The first-order valence-corrected chi connectivity index (χ1v) is 12.3. The second-order valence-electron chi connectivity index (χ2n) is 10.2. The molecule has 3 fully saturated rings. The van der Waals surface area contributed by atoms with Crippen molar-refractivity contribution in [2.24, 2.45) is 11.8 Å². The van der Waals surface area contributed by atoms with E-state index in [1.807, 2.05) is 0 Å². The zero-order chi connectivity index (χ0) is 20.8. The number of rotatable bonds is 5. The first-order valence-electron chi connectivity index (χ1n) is 12.3. The number of carbonyl (C=O) groups excluding carboxylic acids is 1. The topological polar surface area (TPSA) is 49.3 Å². The predicted molar refractivity (Wildman–Crippen MR) is 124 cm³/mol. The van der Waals surface area contributed by atoms with E-state index in [4.69, 9.17) is 0 Å². The van der Waals surface area contributed by atoms with Crippen LogP contribution in [0.15, 0.2) is 42.5 Å². The van der Waals surface area contributed by atoms with E-state index in [1.54, 1.807) is 0 Å². The van der Waals surface area contributed by atoms with E-state index < -0.39 is 0 Å². The molecule has 5 nitrogen and oxygen atoms in total. The lowest BCUT2D eigenvalue weighted by atomic mass is 9.82. The number of allylic oxidation sites excluding steroid dienone is 2. The number of aromatic nitrogens is 1. The molecule has 0 spiro atoms. The van der Waals surface area contributed by atoms with Crippen LogP contribution in [0.25, 0.3) is 10.9 Å². The molecule has 31 heavy (non-hydrogen) atoms. The number of hydrogen-bond acceptors (Lipinski definition) is 3. The number of benzene rings is 1. The maximum absolute atomic E-state index is 14.1. The molecule has 5 heteroatoms. The first-order chi connectivity index (χ1) is 15.3. The summed E-state index contributed by atoms with van der Waals surface area (Å²) in [5.41, 5.74) is 8.89. The van der Waals surface area contributed by atoms with Crippen LogP contribution in [-0.2, 0) is 6.54 Å². The Labute approximate surface area is 184 Å². The highest BCUT2D eigenvalue weighted by Crippen LogP contribution is 2.38. The second-order valence-corrected chi connectivity index (χ2v) is 10.2. The normalized spacial score (nSPS) is 30.5. The molecule has 3 aliphatic carbocycles. The Hall–Kier alpha value is -2.11. The van der Waals surface area contributed by atoms with Gasteiger partial charge in [0, 0.05) is 42.1 Å². The van der Waals surface area contributed by atoms with Crippen LogP contribution >= 0.6 is 0 Å². The molecule has 4 unspecified atom stereocenters. The molecule has 6 rings (SSSR count). The number of fused-ring (bicyclic) bond motifs is 2. The van der Waals surface area contributed by atoms with Crippen molar-refractivity contribution in [3.05, 3.63) is 48.2 Å². The van der Waals surface area contributed by atoms with Gasteiger partial charge in [-0.3, -0.25) is 15.6 Å². The van der Waals surface area contributed by atoms with Gasteiger partial charge >= 0.3 is 0 Å². The molecule has 2 heterocycles. The molecule has 1 saturated heterocycles. The van der Waals surface area contributed by atoms with Crippen LogP contribution in [0.5, 0.6) is 0 Å². The largest absolute Gasteiger partial charge is 0.336 e. The van der Waals surface area contributed by atoms with E-state index in [-0.39, 0.29) is 5.91 Å². The van der Waals surface area contributed by atoms with Crippen LogP contribution in [0.1, 0.15) is 61.9 Å². The summed E-state index contributed by atoms with van der Waals surface area (Å²) in [7, 11) is 0. The van der Waals surface area contributed by atoms with Crippen molar-refractivity contribution in [3.63, 3.8) is 0 Å². The summed E-state index contributed by atoms with van der Waals surface area (Å²) in [4.78, 5) is 16.4. The van der Waals surface area contributed by atoms with E-state index in [0.29, 0.717) is 30.0 Å². The minimum absolute atomic E-state index is 0.271. The van der Waals surface area contributed by atoms with Crippen LogP contribution in [-0.4, -0.2) is 40.0 Å². The second kappa shape index (κ2) is 8.10. The van der Waals surface area contributed by atoms with Gasteiger partial charge in [-0.15, -0.1) is 0 Å². The Kier molecular flexibility index (Phi) is 5.11. The fourth-order valence-electron chi connectivity index (χ4n) is 6.21. The van der Waals surface area contributed by atoms with E-state index in [0.717, 1.165) is 50.9 Å². The van der Waals surface area contributed by atoms with Crippen molar-refractivity contribution in [2.75, 3.05) is 6.54 Å². The van der Waals surface area contributed by atoms with E-state index in [9.17, 15) is 4.79 Å². The molecule has 4 aliphatic rings. The van der Waals surface area contributed by atoms with Crippen LogP contribution in [0.4, 0.5) is 0 Å². The number of nitrogens with one attached hydrogen (secondary N) is 2. The average molecular weight is 419 g/mol. The molecular formula is C26H34N4O. The number of amides is 1. The fraction of sp³-hybridized carbons (Fsp3) is 0.577. The first kappa shape index (κ1) is 19.6. The summed E-state index contributed by atoms with van der Waals surface area (Å²) < 4.78 is 2.35. The van der Waals surface area contributed by atoms with Gasteiger partial charge in [0.05, 0.1) is 0 Å². The van der Waals surface area contributed by atoms with Crippen molar-refractivity contribution in [2.45, 2.75) is 76.0 Å². The number of carbonyl (C=O) groups is 1. The predicted octanol–water partition coefficient (Wildman–Crippen LogP) is 4.25. The number of hydrogen-bond donors (Lipinski definition) is 2. The average Bonchev–Trinajstić information content (AvgIpc) is 3.40. The minimum atomic E-state index is 0.271. The number of para-hydroxylation sites is 1. The molecule has 2 aromatic rings.